The summed E-state index contributed by atoms with van der Waals surface area (Å²) in [6.07, 6.45) is 4.41. The molecule has 1 fully saturated rings. The van der Waals surface area contributed by atoms with Crippen LogP contribution in [0.2, 0.25) is 0 Å². The van der Waals surface area contributed by atoms with Crippen LogP contribution in [0, 0.1) is 12.7 Å². The van der Waals surface area contributed by atoms with Gasteiger partial charge in [-0.2, -0.15) is 4.98 Å². The fourth-order valence-electron chi connectivity index (χ4n) is 3.57. The van der Waals surface area contributed by atoms with E-state index in [1.807, 2.05) is 13.8 Å². The molecular formula is C22H24FN5O3. The van der Waals surface area contributed by atoms with Crippen molar-refractivity contribution < 1.29 is 18.4 Å². The summed E-state index contributed by atoms with van der Waals surface area (Å²) >= 11 is 0. The topological polar surface area (TPSA) is 94.2 Å². The van der Waals surface area contributed by atoms with Crippen LogP contribution in [0.15, 0.2) is 41.2 Å². The number of amides is 1. The second-order valence-electron chi connectivity index (χ2n) is 7.55. The van der Waals surface area contributed by atoms with E-state index in [2.05, 4.69) is 20.1 Å². The summed E-state index contributed by atoms with van der Waals surface area (Å²) < 4.78 is 24.9. The van der Waals surface area contributed by atoms with Crippen molar-refractivity contribution in [1.82, 2.24) is 25.0 Å². The number of nitrogens with zero attached hydrogens (tertiary/aromatic N) is 5. The Kier molecular flexibility index (Phi) is 6.20. The lowest BCUT2D eigenvalue weighted by atomic mass is 9.95. The van der Waals surface area contributed by atoms with E-state index in [-0.39, 0.29) is 17.6 Å². The zero-order valence-electron chi connectivity index (χ0n) is 17.5. The molecule has 0 N–H and O–H groups in total. The maximum absolute atomic E-state index is 13.9. The molecule has 9 heteroatoms. The number of para-hydroxylation sites is 1. The molecule has 1 saturated heterocycles. The van der Waals surface area contributed by atoms with E-state index in [9.17, 15) is 9.18 Å². The van der Waals surface area contributed by atoms with Gasteiger partial charge in [-0.3, -0.25) is 9.78 Å². The third-order valence-corrected chi connectivity index (χ3v) is 5.37. The Morgan fingerprint density at radius 2 is 2.03 bits per heavy atom. The number of carbonyl (C=O) groups excluding carboxylic acids is 1. The zero-order chi connectivity index (χ0) is 21.8. The second kappa shape index (κ2) is 9.20. The van der Waals surface area contributed by atoms with Crippen molar-refractivity contribution in [3.8, 4) is 17.3 Å². The number of hydrogen-bond donors (Lipinski definition) is 0. The van der Waals surface area contributed by atoms with E-state index >= 15 is 0 Å². The van der Waals surface area contributed by atoms with E-state index in [0.717, 1.165) is 5.69 Å². The van der Waals surface area contributed by atoms with E-state index < -0.39 is 11.9 Å². The predicted molar refractivity (Wildman–Crippen MR) is 110 cm³/mol. The molecule has 1 unspecified atom stereocenters. The van der Waals surface area contributed by atoms with Crippen molar-refractivity contribution in [2.24, 2.45) is 0 Å². The highest BCUT2D eigenvalue weighted by Crippen LogP contribution is 2.28. The quantitative estimate of drug-likeness (QED) is 0.596. The summed E-state index contributed by atoms with van der Waals surface area (Å²) in [6.45, 7) is 4.81. The molecule has 3 heterocycles. The molecule has 0 saturated carbocycles. The number of rotatable bonds is 6. The molecule has 1 amide bonds. The Hall–Kier alpha value is -3.36. The van der Waals surface area contributed by atoms with Gasteiger partial charge in [0.2, 0.25) is 0 Å². The largest absolute Gasteiger partial charge is 0.478 e. The van der Waals surface area contributed by atoms with Gasteiger partial charge >= 0.3 is 0 Å². The van der Waals surface area contributed by atoms with Gasteiger partial charge in [0.25, 0.3) is 11.8 Å². The maximum Gasteiger partial charge on any atom is 0.278 e. The molecule has 1 atom stereocenters. The van der Waals surface area contributed by atoms with Gasteiger partial charge in [-0.05, 0) is 38.3 Å². The second-order valence-corrected chi connectivity index (χ2v) is 7.55. The van der Waals surface area contributed by atoms with Crippen LogP contribution in [0.1, 0.15) is 43.6 Å². The Morgan fingerprint density at radius 1 is 1.26 bits per heavy atom. The average Bonchev–Trinajstić information content (AvgIpc) is 3.29. The highest BCUT2D eigenvalue weighted by atomic mass is 19.1. The number of halogens is 1. The molecule has 3 aromatic rings. The molecular weight excluding hydrogens is 401 g/mol. The van der Waals surface area contributed by atoms with Crippen LogP contribution in [0.4, 0.5) is 4.39 Å². The van der Waals surface area contributed by atoms with E-state index in [1.165, 1.54) is 12.1 Å². The summed E-state index contributed by atoms with van der Waals surface area (Å²) in [5.41, 5.74) is 1.35. The van der Waals surface area contributed by atoms with Gasteiger partial charge in [0.15, 0.2) is 23.5 Å². The first-order chi connectivity index (χ1) is 15.0. The van der Waals surface area contributed by atoms with Crippen molar-refractivity contribution in [2.45, 2.75) is 45.1 Å². The van der Waals surface area contributed by atoms with Crippen molar-refractivity contribution in [3.05, 3.63) is 54.0 Å². The fourth-order valence-corrected chi connectivity index (χ4v) is 3.57. The molecule has 1 aliphatic rings. The highest BCUT2D eigenvalue weighted by molar-refractivity contribution is 5.81. The monoisotopic (exact) mass is 425 g/mol. The predicted octanol–water partition coefficient (Wildman–Crippen LogP) is 3.54. The van der Waals surface area contributed by atoms with Gasteiger partial charge in [-0.25, -0.2) is 9.37 Å². The van der Waals surface area contributed by atoms with E-state index in [1.54, 1.807) is 29.4 Å². The van der Waals surface area contributed by atoms with Gasteiger partial charge in [-0.15, -0.1) is 0 Å². The van der Waals surface area contributed by atoms with Crippen LogP contribution in [-0.2, 0) is 4.79 Å². The minimum Gasteiger partial charge on any atom is -0.478 e. The summed E-state index contributed by atoms with van der Waals surface area (Å²) in [5.74, 6) is 0.527. The first kappa shape index (κ1) is 20.9. The van der Waals surface area contributed by atoms with Crippen LogP contribution >= 0.6 is 0 Å². The van der Waals surface area contributed by atoms with Crippen LogP contribution < -0.4 is 4.74 Å². The molecule has 0 spiro atoms. The zero-order valence-corrected chi connectivity index (χ0v) is 17.5. The van der Waals surface area contributed by atoms with Crippen LogP contribution in [0.3, 0.4) is 0 Å². The minimum atomic E-state index is -0.717. The van der Waals surface area contributed by atoms with Crippen LogP contribution in [0.25, 0.3) is 11.6 Å². The Labute approximate surface area is 179 Å². The summed E-state index contributed by atoms with van der Waals surface area (Å²) in [6, 6.07) is 6.12. The standard InChI is InChI=1S/C22H24FN5O3/c1-3-18(30-19-7-5-4-6-16(19)23)22(29)28-10-8-15(9-11-28)20-26-21(31-27-20)17-13-24-14(2)12-25-17/h4-7,12-13,15,18H,3,8-11H2,1-2H3. The summed E-state index contributed by atoms with van der Waals surface area (Å²) in [5, 5.41) is 4.10. The third kappa shape index (κ3) is 4.70. The molecule has 2 aromatic heterocycles. The lowest BCUT2D eigenvalue weighted by Gasteiger charge is -2.33. The SMILES string of the molecule is CCC(Oc1ccccc1F)C(=O)N1CCC(c2noc(-c3cnc(C)cn3)n2)CC1. The normalized spacial score (nSPS) is 15.6. The van der Waals surface area contributed by atoms with E-state index in [0.29, 0.717) is 49.8 Å². The molecule has 8 nitrogen and oxygen atoms in total. The van der Waals surface area contributed by atoms with Gasteiger partial charge in [-0.1, -0.05) is 24.2 Å². The van der Waals surface area contributed by atoms with Crippen LogP contribution in [0.5, 0.6) is 5.75 Å². The van der Waals surface area contributed by atoms with Gasteiger partial charge < -0.3 is 14.2 Å². The molecule has 162 valence electrons. The maximum atomic E-state index is 13.9. The number of piperidine rings is 1. The number of benzene rings is 1. The number of hydrogen-bond acceptors (Lipinski definition) is 7. The van der Waals surface area contributed by atoms with Gasteiger partial charge in [0.1, 0.15) is 5.69 Å². The fraction of sp³-hybridized carbons (Fsp3) is 0.409. The first-order valence-electron chi connectivity index (χ1n) is 10.4. The number of ether oxygens (including phenoxy) is 1. The number of likely N-dealkylation sites (tertiary alicyclic amines) is 1. The minimum absolute atomic E-state index is 0.0903. The average molecular weight is 425 g/mol. The Bertz CT molecular complexity index is 1030. The molecule has 0 aliphatic carbocycles. The van der Waals surface area contributed by atoms with Crippen molar-refractivity contribution in [3.63, 3.8) is 0 Å². The Balaban J connectivity index is 1.36. The molecule has 4 rings (SSSR count). The van der Waals surface area contributed by atoms with Gasteiger partial charge in [0, 0.05) is 25.2 Å². The number of aromatic nitrogens is 4. The third-order valence-electron chi connectivity index (χ3n) is 5.37. The summed E-state index contributed by atoms with van der Waals surface area (Å²) in [7, 11) is 0. The number of aryl methyl sites for hydroxylation is 1. The van der Waals surface area contributed by atoms with E-state index in [4.69, 9.17) is 9.26 Å². The Morgan fingerprint density at radius 3 is 2.71 bits per heavy atom. The van der Waals surface area contributed by atoms with Crippen molar-refractivity contribution >= 4 is 5.91 Å². The van der Waals surface area contributed by atoms with Crippen molar-refractivity contribution in [1.29, 1.82) is 0 Å². The molecule has 1 aromatic carbocycles. The summed E-state index contributed by atoms with van der Waals surface area (Å²) in [4.78, 5) is 27.6. The molecule has 0 bridgehead atoms. The van der Waals surface area contributed by atoms with Gasteiger partial charge in [0.05, 0.1) is 11.9 Å². The highest BCUT2D eigenvalue weighted by Gasteiger charge is 2.31. The lowest BCUT2D eigenvalue weighted by Crippen LogP contribution is -2.45. The number of carbonyl (C=O) groups is 1. The lowest BCUT2D eigenvalue weighted by molar-refractivity contribution is -0.140. The first-order valence-corrected chi connectivity index (χ1v) is 10.4. The molecule has 0 radical (unpaired) electrons. The molecule has 1 aliphatic heterocycles. The van der Waals surface area contributed by atoms with Crippen molar-refractivity contribution in [2.75, 3.05) is 13.1 Å². The smallest absolute Gasteiger partial charge is 0.278 e. The molecule has 31 heavy (non-hydrogen) atoms. The van der Waals surface area contributed by atoms with Crippen LogP contribution in [-0.4, -0.2) is 50.1 Å².